The Morgan fingerprint density at radius 2 is 1.57 bits per heavy atom. The van der Waals surface area contributed by atoms with Crippen LogP contribution in [0.25, 0.3) is 0 Å². The van der Waals surface area contributed by atoms with Crippen LogP contribution in [-0.2, 0) is 14.4 Å². The molecule has 1 atom stereocenters. The lowest BCUT2D eigenvalue weighted by molar-refractivity contribution is -0.156. The van der Waals surface area contributed by atoms with Gasteiger partial charge in [-0.15, -0.1) is 0 Å². The van der Waals surface area contributed by atoms with Gasteiger partial charge < -0.3 is 16.6 Å². The summed E-state index contributed by atoms with van der Waals surface area (Å²) in [5, 5.41) is 8.61. The Kier molecular flexibility index (Phi) is 4.74. The Morgan fingerprint density at radius 1 is 1.21 bits per heavy atom. The van der Waals surface area contributed by atoms with Crippen LogP contribution in [0.4, 0.5) is 0 Å². The van der Waals surface area contributed by atoms with E-state index in [1.54, 1.807) is 0 Å². The number of nitrogens with zero attached hydrogens (tertiary/aromatic N) is 1. The summed E-state index contributed by atoms with van der Waals surface area (Å²) in [4.78, 5) is 33.4. The zero-order valence-electron chi connectivity index (χ0n) is 7.77. The maximum atomic E-state index is 11.1. The highest BCUT2D eigenvalue weighted by Crippen LogP contribution is 2.00. The van der Waals surface area contributed by atoms with Crippen LogP contribution < -0.4 is 11.5 Å². The van der Waals surface area contributed by atoms with E-state index in [1.807, 2.05) is 0 Å². The molecular weight excluding hydrogens is 190 g/mol. The van der Waals surface area contributed by atoms with Crippen molar-refractivity contribution in [1.29, 1.82) is 0 Å². The predicted octanol–water partition coefficient (Wildman–Crippen LogP) is -2.27. The van der Waals surface area contributed by atoms with Gasteiger partial charge in [-0.05, 0) is 6.92 Å². The van der Waals surface area contributed by atoms with Crippen LogP contribution in [0.2, 0.25) is 0 Å². The highest BCUT2D eigenvalue weighted by Gasteiger charge is 2.29. The second-order valence-electron chi connectivity index (χ2n) is 2.58. The first-order valence-corrected chi connectivity index (χ1v) is 3.93. The minimum atomic E-state index is -1.28. The molecular formula is C7H13N3O4. The van der Waals surface area contributed by atoms with E-state index in [9.17, 15) is 14.4 Å². The highest BCUT2D eigenvalue weighted by atomic mass is 16.4. The van der Waals surface area contributed by atoms with Crippen LogP contribution in [0.15, 0.2) is 0 Å². The molecule has 0 heterocycles. The Morgan fingerprint density at radius 3 is 1.79 bits per heavy atom. The summed E-state index contributed by atoms with van der Waals surface area (Å²) in [6, 6.07) is -1.25. The molecule has 0 spiro atoms. The Balaban J connectivity index is 4.80. The molecule has 7 nitrogen and oxygen atoms in total. The first-order chi connectivity index (χ1) is 6.45. The highest BCUT2D eigenvalue weighted by molar-refractivity contribution is 6.00. The van der Waals surface area contributed by atoms with E-state index in [0.29, 0.717) is 4.90 Å². The van der Waals surface area contributed by atoms with Crippen molar-refractivity contribution in [3.05, 3.63) is 0 Å². The normalized spacial score (nSPS) is 11.9. The van der Waals surface area contributed by atoms with Gasteiger partial charge in [0.25, 0.3) is 0 Å². The summed E-state index contributed by atoms with van der Waals surface area (Å²) in [6.07, 6.45) is 0. The average molecular weight is 203 g/mol. The first kappa shape index (κ1) is 12.5. The van der Waals surface area contributed by atoms with Crippen molar-refractivity contribution >= 4 is 17.8 Å². The second kappa shape index (κ2) is 5.30. The van der Waals surface area contributed by atoms with E-state index in [2.05, 4.69) is 0 Å². The van der Waals surface area contributed by atoms with Gasteiger partial charge in [-0.25, -0.2) is 4.79 Å². The minimum absolute atomic E-state index is 0.427. The molecule has 80 valence electrons. The third kappa shape index (κ3) is 2.79. The van der Waals surface area contributed by atoms with Gasteiger partial charge in [-0.2, -0.15) is 0 Å². The fourth-order valence-electron chi connectivity index (χ4n) is 0.878. The molecule has 0 fully saturated rings. The van der Waals surface area contributed by atoms with E-state index in [4.69, 9.17) is 16.6 Å². The van der Waals surface area contributed by atoms with Crippen LogP contribution in [0.1, 0.15) is 6.92 Å². The van der Waals surface area contributed by atoms with Gasteiger partial charge in [-0.3, -0.25) is 14.5 Å². The van der Waals surface area contributed by atoms with E-state index in [0.717, 1.165) is 0 Å². The molecule has 0 aliphatic heterocycles. The lowest BCUT2D eigenvalue weighted by atomic mass is 10.2. The molecule has 1 unspecified atom stereocenters. The smallest absolute Gasteiger partial charge is 0.326 e. The fraction of sp³-hybridized carbons (Fsp3) is 0.571. The molecule has 0 radical (unpaired) electrons. The number of hydrogen-bond donors (Lipinski definition) is 3. The van der Waals surface area contributed by atoms with Crippen LogP contribution in [0.3, 0.4) is 0 Å². The van der Waals surface area contributed by atoms with Crippen LogP contribution in [-0.4, -0.2) is 46.9 Å². The quantitative estimate of drug-likeness (QED) is 0.473. The summed E-state index contributed by atoms with van der Waals surface area (Å²) in [5.74, 6) is -2.79. The first-order valence-electron chi connectivity index (χ1n) is 3.93. The molecule has 0 aromatic heterocycles. The van der Waals surface area contributed by atoms with E-state index < -0.39 is 36.9 Å². The number of carboxylic acids is 1. The molecule has 5 N–H and O–H groups in total. The lowest BCUT2D eigenvalue weighted by Gasteiger charge is -2.23. The maximum absolute atomic E-state index is 11.1. The molecule has 0 aromatic carbocycles. The largest absolute Gasteiger partial charge is 0.480 e. The number of rotatable bonds is 4. The van der Waals surface area contributed by atoms with Crippen molar-refractivity contribution in [3.8, 4) is 0 Å². The molecule has 2 amide bonds. The lowest BCUT2D eigenvalue weighted by Crippen LogP contribution is -2.51. The van der Waals surface area contributed by atoms with Gasteiger partial charge in [-0.1, -0.05) is 0 Å². The SMILES string of the molecule is CC(C(=O)O)N(C(=O)CN)C(=O)CN. The fourth-order valence-corrected chi connectivity index (χ4v) is 0.878. The summed E-state index contributed by atoms with van der Waals surface area (Å²) in [6.45, 7) is 0.357. The van der Waals surface area contributed by atoms with E-state index in [1.165, 1.54) is 6.92 Å². The number of carbonyl (C=O) groups excluding carboxylic acids is 2. The van der Waals surface area contributed by atoms with Crippen LogP contribution in [0.5, 0.6) is 0 Å². The Bertz CT molecular complexity index is 237. The maximum Gasteiger partial charge on any atom is 0.326 e. The zero-order valence-corrected chi connectivity index (χ0v) is 7.77. The van der Waals surface area contributed by atoms with Crippen molar-refractivity contribution in [1.82, 2.24) is 4.90 Å². The van der Waals surface area contributed by atoms with Crippen molar-refractivity contribution in [2.24, 2.45) is 11.5 Å². The molecule has 14 heavy (non-hydrogen) atoms. The second-order valence-corrected chi connectivity index (χ2v) is 2.58. The Hall–Kier alpha value is -1.47. The summed E-state index contributed by atoms with van der Waals surface area (Å²) >= 11 is 0. The van der Waals surface area contributed by atoms with Crippen LogP contribution >= 0.6 is 0 Å². The summed E-state index contributed by atoms with van der Waals surface area (Å²) in [5.41, 5.74) is 10.1. The van der Waals surface area contributed by atoms with Crippen LogP contribution in [0, 0.1) is 0 Å². The number of nitrogens with two attached hydrogens (primary N) is 2. The number of carboxylic acid groups (broad SMARTS) is 1. The molecule has 7 heteroatoms. The van der Waals surface area contributed by atoms with E-state index in [-0.39, 0.29) is 0 Å². The Labute approximate surface area is 80.6 Å². The molecule has 0 bridgehead atoms. The zero-order chi connectivity index (χ0) is 11.3. The molecule has 0 aliphatic rings. The summed E-state index contributed by atoms with van der Waals surface area (Å²) < 4.78 is 0. The molecule has 0 aliphatic carbocycles. The third-order valence-electron chi connectivity index (χ3n) is 1.63. The molecule has 0 saturated carbocycles. The standard InChI is InChI=1S/C7H13N3O4/c1-4(7(13)14)10(5(11)2-8)6(12)3-9/h4H,2-3,8-9H2,1H3,(H,13,14). The van der Waals surface area contributed by atoms with Gasteiger partial charge in [0.1, 0.15) is 6.04 Å². The number of aliphatic carboxylic acids is 1. The van der Waals surface area contributed by atoms with Crippen molar-refractivity contribution in [2.45, 2.75) is 13.0 Å². The van der Waals surface area contributed by atoms with Gasteiger partial charge >= 0.3 is 5.97 Å². The molecule has 0 aromatic rings. The minimum Gasteiger partial charge on any atom is -0.480 e. The van der Waals surface area contributed by atoms with Gasteiger partial charge in [0.15, 0.2) is 0 Å². The van der Waals surface area contributed by atoms with Gasteiger partial charge in [0.2, 0.25) is 11.8 Å². The predicted molar refractivity (Wildman–Crippen MR) is 47.1 cm³/mol. The third-order valence-corrected chi connectivity index (χ3v) is 1.63. The topological polar surface area (TPSA) is 127 Å². The number of imide groups is 1. The number of hydrogen-bond acceptors (Lipinski definition) is 5. The van der Waals surface area contributed by atoms with E-state index >= 15 is 0 Å². The number of amides is 2. The average Bonchev–Trinajstić information content (AvgIpc) is 2.16. The molecule has 0 saturated heterocycles. The van der Waals surface area contributed by atoms with Crippen molar-refractivity contribution in [2.75, 3.05) is 13.1 Å². The summed E-state index contributed by atoms with van der Waals surface area (Å²) in [7, 11) is 0. The molecule has 0 rings (SSSR count). The van der Waals surface area contributed by atoms with Crippen molar-refractivity contribution in [3.63, 3.8) is 0 Å². The number of carbonyl (C=O) groups is 3. The van der Waals surface area contributed by atoms with Gasteiger partial charge in [0.05, 0.1) is 13.1 Å². The van der Waals surface area contributed by atoms with Gasteiger partial charge in [0, 0.05) is 0 Å². The monoisotopic (exact) mass is 203 g/mol. The van der Waals surface area contributed by atoms with Crippen molar-refractivity contribution < 1.29 is 19.5 Å².